The summed E-state index contributed by atoms with van der Waals surface area (Å²) in [7, 11) is 3.44. The number of carbonyl (C=O) groups excluding carboxylic acids is 2. The number of hydrogen-bond donors (Lipinski definition) is 1. The number of rotatable bonds is 5. The Hall–Kier alpha value is -2.88. The van der Waals surface area contributed by atoms with Gasteiger partial charge in [0.2, 0.25) is 5.91 Å². The molecular weight excluding hydrogens is 418 g/mol. The highest BCUT2D eigenvalue weighted by atomic mass is 19.1. The Morgan fingerprint density at radius 2 is 1.91 bits per heavy atom. The Labute approximate surface area is 185 Å². The van der Waals surface area contributed by atoms with Gasteiger partial charge in [-0.25, -0.2) is 13.5 Å². The summed E-state index contributed by atoms with van der Waals surface area (Å²) in [6, 6.07) is 3.25. The van der Waals surface area contributed by atoms with Crippen molar-refractivity contribution >= 4 is 11.8 Å². The molecule has 1 aliphatic carbocycles. The van der Waals surface area contributed by atoms with Crippen molar-refractivity contribution in [3.8, 4) is 5.69 Å². The molecule has 4 rings (SSSR count). The summed E-state index contributed by atoms with van der Waals surface area (Å²) in [4.78, 5) is 29.7. The highest BCUT2D eigenvalue weighted by Gasteiger charge is 2.39. The minimum absolute atomic E-state index is 0.00278. The van der Waals surface area contributed by atoms with E-state index < -0.39 is 17.5 Å². The van der Waals surface area contributed by atoms with Crippen molar-refractivity contribution < 1.29 is 18.4 Å². The summed E-state index contributed by atoms with van der Waals surface area (Å²) in [5.41, 5.74) is -0.00789. The molecule has 1 saturated carbocycles. The molecule has 8 nitrogen and oxygen atoms in total. The van der Waals surface area contributed by atoms with Crippen LogP contribution in [0.5, 0.6) is 0 Å². The van der Waals surface area contributed by atoms with Gasteiger partial charge in [0.25, 0.3) is 5.91 Å². The molecule has 2 amide bonds. The van der Waals surface area contributed by atoms with Gasteiger partial charge in [-0.3, -0.25) is 14.5 Å². The third kappa shape index (κ3) is 4.64. The summed E-state index contributed by atoms with van der Waals surface area (Å²) in [6.45, 7) is 1.43. The molecule has 2 atom stereocenters. The first-order valence-corrected chi connectivity index (χ1v) is 11.0. The molecule has 1 aromatic carbocycles. The summed E-state index contributed by atoms with van der Waals surface area (Å²) < 4.78 is 28.3. The quantitative estimate of drug-likeness (QED) is 0.760. The molecule has 0 radical (unpaired) electrons. The minimum Gasteiger partial charge on any atom is -0.348 e. The predicted molar refractivity (Wildman–Crippen MR) is 113 cm³/mol. The molecule has 2 aromatic rings. The van der Waals surface area contributed by atoms with Gasteiger partial charge in [-0.15, -0.1) is 5.10 Å². The van der Waals surface area contributed by atoms with Crippen molar-refractivity contribution in [1.82, 2.24) is 30.1 Å². The Morgan fingerprint density at radius 3 is 2.59 bits per heavy atom. The largest absolute Gasteiger partial charge is 0.348 e. The van der Waals surface area contributed by atoms with Crippen LogP contribution in [0.4, 0.5) is 8.78 Å². The molecule has 0 unspecified atom stereocenters. The van der Waals surface area contributed by atoms with Crippen LogP contribution in [0.15, 0.2) is 24.4 Å². The van der Waals surface area contributed by atoms with Crippen molar-refractivity contribution in [3.63, 3.8) is 0 Å². The summed E-state index contributed by atoms with van der Waals surface area (Å²) in [5, 5.41) is 10.6. The average molecular weight is 447 g/mol. The molecule has 2 heterocycles. The average Bonchev–Trinajstić information content (AvgIpc) is 3.46. The first-order chi connectivity index (χ1) is 15.3. The van der Waals surface area contributed by atoms with Crippen molar-refractivity contribution in [2.75, 3.05) is 27.2 Å². The Bertz CT molecular complexity index is 989. The predicted octanol–water partition coefficient (Wildman–Crippen LogP) is 2.00. The molecule has 1 saturated heterocycles. The number of piperidine rings is 1. The molecule has 172 valence electrons. The maximum atomic E-state index is 14.0. The van der Waals surface area contributed by atoms with Crippen LogP contribution in [0.2, 0.25) is 0 Å². The van der Waals surface area contributed by atoms with Gasteiger partial charge < -0.3 is 10.2 Å². The van der Waals surface area contributed by atoms with E-state index >= 15 is 0 Å². The molecule has 2 aliphatic rings. The van der Waals surface area contributed by atoms with Gasteiger partial charge in [0, 0.05) is 45.3 Å². The number of aromatic nitrogens is 3. The van der Waals surface area contributed by atoms with Gasteiger partial charge in [-0.1, -0.05) is 18.1 Å². The number of hydrogen-bond acceptors (Lipinski definition) is 5. The van der Waals surface area contributed by atoms with Crippen molar-refractivity contribution in [2.45, 2.75) is 44.2 Å². The van der Waals surface area contributed by atoms with E-state index in [0.29, 0.717) is 19.0 Å². The second kappa shape index (κ2) is 9.32. The lowest BCUT2D eigenvalue weighted by molar-refractivity contribution is -0.136. The van der Waals surface area contributed by atoms with Crippen LogP contribution in [0.3, 0.4) is 0 Å². The van der Waals surface area contributed by atoms with E-state index in [-0.39, 0.29) is 29.2 Å². The Morgan fingerprint density at radius 1 is 1.16 bits per heavy atom. The van der Waals surface area contributed by atoms with Gasteiger partial charge in [0.15, 0.2) is 11.5 Å². The standard InChI is InChI=1S/C22H28F2N6O2/c1-28(2)22(32)16-12-29(15-5-3-4-6-15)10-9-18(16)25-21(31)19-13-30(27-26-19)20-8-7-14(23)11-17(20)24/h7-8,11,13,15-16,18H,3-6,9-10,12H2,1-2H3,(H,25,31)/t16-,18-/m1/s1. The highest BCUT2D eigenvalue weighted by Crippen LogP contribution is 2.29. The molecule has 0 spiro atoms. The van der Waals surface area contributed by atoms with Crippen molar-refractivity contribution in [2.24, 2.45) is 5.92 Å². The van der Waals surface area contributed by atoms with Gasteiger partial charge in [0.1, 0.15) is 11.5 Å². The van der Waals surface area contributed by atoms with Crippen LogP contribution >= 0.6 is 0 Å². The third-order valence-corrected chi connectivity index (χ3v) is 6.44. The summed E-state index contributed by atoms with van der Waals surface area (Å²) >= 11 is 0. The third-order valence-electron chi connectivity index (χ3n) is 6.44. The molecular formula is C22H28F2N6O2. The molecule has 10 heteroatoms. The first-order valence-electron chi connectivity index (χ1n) is 11.0. The Balaban J connectivity index is 1.47. The number of likely N-dealkylation sites (tertiary alicyclic amines) is 1. The monoisotopic (exact) mass is 446 g/mol. The fourth-order valence-corrected chi connectivity index (χ4v) is 4.73. The minimum atomic E-state index is -0.808. The lowest BCUT2D eigenvalue weighted by Crippen LogP contribution is -2.57. The normalized spacial score (nSPS) is 22.1. The zero-order valence-electron chi connectivity index (χ0n) is 18.3. The lowest BCUT2D eigenvalue weighted by Gasteiger charge is -2.41. The van der Waals surface area contributed by atoms with E-state index in [0.717, 1.165) is 36.2 Å². The fourth-order valence-electron chi connectivity index (χ4n) is 4.73. The molecule has 2 fully saturated rings. The maximum absolute atomic E-state index is 14.0. The molecule has 1 aromatic heterocycles. The van der Waals surface area contributed by atoms with Gasteiger partial charge in [-0.2, -0.15) is 0 Å². The van der Waals surface area contributed by atoms with E-state index in [9.17, 15) is 18.4 Å². The fraction of sp³-hybridized carbons (Fsp3) is 0.545. The number of halogens is 2. The zero-order chi connectivity index (χ0) is 22.8. The van der Waals surface area contributed by atoms with E-state index in [1.807, 2.05) is 0 Å². The molecule has 32 heavy (non-hydrogen) atoms. The van der Waals surface area contributed by atoms with Crippen LogP contribution in [0.25, 0.3) is 5.69 Å². The lowest BCUT2D eigenvalue weighted by atomic mass is 9.89. The second-order valence-corrected chi connectivity index (χ2v) is 8.79. The second-order valence-electron chi connectivity index (χ2n) is 8.79. The smallest absolute Gasteiger partial charge is 0.273 e. The van der Waals surface area contributed by atoms with E-state index in [1.165, 1.54) is 25.1 Å². The van der Waals surface area contributed by atoms with Crippen LogP contribution in [0.1, 0.15) is 42.6 Å². The topological polar surface area (TPSA) is 83.4 Å². The summed E-state index contributed by atoms with van der Waals surface area (Å²) in [5.74, 6) is -2.36. The van der Waals surface area contributed by atoms with Gasteiger partial charge >= 0.3 is 0 Å². The van der Waals surface area contributed by atoms with E-state index in [1.54, 1.807) is 19.0 Å². The first kappa shape index (κ1) is 22.3. The van der Waals surface area contributed by atoms with Crippen LogP contribution in [0, 0.1) is 17.6 Å². The van der Waals surface area contributed by atoms with Crippen LogP contribution in [-0.2, 0) is 4.79 Å². The van der Waals surface area contributed by atoms with Gasteiger partial charge in [0.05, 0.1) is 12.1 Å². The van der Waals surface area contributed by atoms with E-state index in [2.05, 4.69) is 20.5 Å². The van der Waals surface area contributed by atoms with E-state index in [4.69, 9.17) is 0 Å². The molecule has 0 bridgehead atoms. The molecule has 1 aliphatic heterocycles. The number of carbonyl (C=O) groups is 2. The van der Waals surface area contributed by atoms with Gasteiger partial charge in [-0.05, 0) is 31.4 Å². The van der Waals surface area contributed by atoms with Crippen LogP contribution < -0.4 is 5.32 Å². The number of benzene rings is 1. The van der Waals surface area contributed by atoms with Crippen LogP contribution in [-0.4, -0.2) is 75.9 Å². The number of amides is 2. The highest BCUT2D eigenvalue weighted by molar-refractivity contribution is 5.92. The maximum Gasteiger partial charge on any atom is 0.273 e. The van der Waals surface area contributed by atoms with Crippen molar-refractivity contribution in [1.29, 1.82) is 0 Å². The molecule has 1 N–H and O–H groups in total. The Kier molecular flexibility index (Phi) is 6.50. The SMILES string of the molecule is CN(C)C(=O)[C@@H]1CN(C2CCCC2)CC[C@H]1NC(=O)c1cn(-c2ccc(F)cc2F)nn1. The zero-order valence-corrected chi connectivity index (χ0v) is 18.3. The number of nitrogens with one attached hydrogen (secondary N) is 1. The summed E-state index contributed by atoms with van der Waals surface area (Å²) in [6.07, 6.45) is 6.71. The van der Waals surface area contributed by atoms with Crippen molar-refractivity contribution in [3.05, 3.63) is 41.7 Å². The number of nitrogens with zero attached hydrogens (tertiary/aromatic N) is 5.